The number of rotatable bonds is 7. The summed E-state index contributed by atoms with van der Waals surface area (Å²) in [4.78, 5) is 45.9. The molecule has 1 aliphatic rings. The molecular formula is C33H30BrN5O3. The molecular weight excluding hydrogens is 594 g/mol. The number of nitrogens with zero attached hydrogens (tertiary/aromatic N) is 1. The van der Waals surface area contributed by atoms with E-state index in [1.807, 2.05) is 66.9 Å². The van der Waals surface area contributed by atoms with Crippen LogP contribution < -0.4 is 16.0 Å². The third kappa shape index (κ3) is 5.93. The molecule has 0 unspecified atom stereocenters. The number of anilines is 1. The number of aromatic amines is 1. The van der Waals surface area contributed by atoms with Gasteiger partial charge in [-0.3, -0.25) is 14.4 Å². The molecule has 1 saturated heterocycles. The lowest BCUT2D eigenvalue weighted by atomic mass is 10.0. The SMILES string of the molecule is O=C(Nc1ccc(Br)cc1C(=O)N[C@@H](Cc1c[nH]c2ccccc12)C(=O)N1CCNCC1)c1ccc2ccccc2c1. The van der Waals surface area contributed by atoms with Crippen LogP contribution in [0.2, 0.25) is 0 Å². The van der Waals surface area contributed by atoms with Crippen molar-refractivity contribution >= 4 is 61.0 Å². The highest BCUT2D eigenvalue weighted by molar-refractivity contribution is 9.10. The average Bonchev–Trinajstić information content (AvgIpc) is 3.44. The number of halogens is 1. The first-order valence-electron chi connectivity index (χ1n) is 13.9. The van der Waals surface area contributed by atoms with Gasteiger partial charge in [-0.1, -0.05) is 64.5 Å². The van der Waals surface area contributed by atoms with Crippen LogP contribution in [0.3, 0.4) is 0 Å². The summed E-state index contributed by atoms with van der Waals surface area (Å²) >= 11 is 3.46. The van der Waals surface area contributed by atoms with Gasteiger partial charge in [-0.05, 0) is 52.7 Å². The Hall–Kier alpha value is -4.47. The van der Waals surface area contributed by atoms with Gasteiger partial charge < -0.3 is 25.8 Å². The van der Waals surface area contributed by atoms with Crippen molar-refractivity contribution in [1.29, 1.82) is 0 Å². The maximum atomic E-state index is 13.8. The Balaban J connectivity index is 1.27. The summed E-state index contributed by atoms with van der Waals surface area (Å²) in [5.74, 6) is -0.908. The van der Waals surface area contributed by atoms with Gasteiger partial charge in [-0.15, -0.1) is 0 Å². The molecule has 1 fully saturated rings. The molecule has 0 aliphatic carbocycles. The first-order chi connectivity index (χ1) is 20.5. The predicted molar refractivity (Wildman–Crippen MR) is 169 cm³/mol. The van der Waals surface area contributed by atoms with Gasteiger partial charge in [-0.25, -0.2) is 0 Å². The van der Waals surface area contributed by atoms with Gasteiger partial charge in [0.2, 0.25) is 5.91 Å². The van der Waals surface area contributed by atoms with Crippen LogP contribution in [0, 0.1) is 0 Å². The molecule has 9 heteroatoms. The lowest BCUT2D eigenvalue weighted by Gasteiger charge is -2.31. The highest BCUT2D eigenvalue weighted by atomic mass is 79.9. The van der Waals surface area contributed by atoms with Gasteiger partial charge >= 0.3 is 0 Å². The highest BCUT2D eigenvalue weighted by Crippen LogP contribution is 2.24. The van der Waals surface area contributed by atoms with Gasteiger partial charge in [0.05, 0.1) is 11.3 Å². The molecule has 1 aliphatic heterocycles. The number of hydrogen-bond acceptors (Lipinski definition) is 4. The van der Waals surface area contributed by atoms with E-state index in [2.05, 4.69) is 36.9 Å². The number of piperazine rings is 1. The van der Waals surface area contributed by atoms with E-state index in [4.69, 9.17) is 0 Å². The van der Waals surface area contributed by atoms with E-state index >= 15 is 0 Å². The molecule has 5 aromatic rings. The number of aromatic nitrogens is 1. The number of fused-ring (bicyclic) bond motifs is 2. The molecule has 212 valence electrons. The van der Waals surface area contributed by atoms with E-state index in [1.165, 1.54) is 0 Å². The predicted octanol–water partition coefficient (Wildman–Crippen LogP) is 5.11. The fraction of sp³-hybridized carbons (Fsp3) is 0.182. The van der Waals surface area contributed by atoms with Crippen molar-refractivity contribution in [3.05, 3.63) is 112 Å². The van der Waals surface area contributed by atoms with Crippen LogP contribution in [0.4, 0.5) is 5.69 Å². The lowest BCUT2D eigenvalue weighted by molar-refractivity contribution is -0.133. The van der Waals surface area contributed by atoms with E-state index in [0.29, 0.717) is 48.3 Å². The van der Waals surface area contributed by atoms with Crippen LogP contribution in [-0.4, -0.2) is 59.8 Å². The molecule has 1 atom stereocenters. The Kier molecular flexibility index (Phi) is 8.03. The third-order valence-electron chi connectivity index (χ3n) is 7.62. The molecule has 3 amide bonds. The summed E-state index contributed by atoms with van der Waals surface area (Å²) < 4.78 is 0.679. The third-order valence-corrected chi connectivity index (χ3v) is 8.11. The maximum absolute atomic E-state index is 13.8. The number of nitrogens with one attached hydrogen (secondary N) is 4. The Morgan fingerprint density at radius 3 is 2.45 bits per heavy atom. The van der Waals surface area contributed by atoms with Gasteiger partial charge in [0.1, 0.15) is 6.04 Å². The van der Waals surface area contributed by atoms with Crippen LogP contribution in [0.25, 0.3) is 21.7 Å². The zero-order valence-electron chi connectivity index (χ0n) is 22.8. The molecule has 8 nitrogen and oxygen atoms in total. The van der Waals surface area contributed by atoms with Crippen molar-refractivity contribution in [2.45, 2.75) is 12.5 Å². The summed E-state index contributed by atoms with van der Waals surface area (Å²) in [6, 6.07) is 25.5. The number of carbonyl (C=O) groups excluding carboxylic acids is 3. The van der Waals surface area contributed by atoms with Crippen LogP contribution in [0.5, 0.6) is 0 Å². The summed E-state index contributed by atoms with van der Waals surface area (Å²) in [7, 11) is 0. The number of H-pyrrole nitrogens is 1. The molecule has 0 spiro atoms. The number of amides is 3. The smallest absolute Gasteiger partial charge is 0.255 e. The van der Waals surface area contributed by atoms with E-state index in [1.54, 1.807) is 29.2 Å². The Bertz CT molecular complexity index is 1790. The minimum atomic E-state index is -0.794. The Morgan fingerprint density at radius 2 is 1.62 bits per heavy atom. The Labute approximate surface area is 251 Å². The topological polar surface area (TPSA) is 106 Å². The number of hydrogen-bond donors (Lipinski definition) is 4. The molecule has 0 saturated carbocycles. The fourth-order valence-corrected chi connectivity index (χ4v) is 5.76. The summed E-state index contributed by atoms with van der Waals surface area (Å²) in [6.07, 6.45) is 2.22. The summed E-state index contributed by atoms with van der Waals surface area (Å²) in [5, 5.41) is 12.2. The highest BCUT2D eigenvalue weighted by Gasteiger charge is 2.29. The normalized spacial score (nSPS) is 14.1. The second kappa shape index (κ2) is 12.2. The number of carbonyl (C=O) groups is 3. The molecule has 42 heavy (non-hydrogen) atoms. The first-order valence-corrected chi connectivity index (χ1v) is 14.7. The van der Waals surface area contributed by atoms with Gasteiger partial charge in [0.15, 0.2) is 0 Å². The monoisotopic (exact) mass is 623 g/mol. The van der Waals surface area contributed by atoms with E-state index in [9.17, 15) is 14.4 Å². The minimum absolute atomic E-state index is 0.133. The quantitative estimate of drug-likeness (QED) is 0.202. The van der Waals surface area contributed by atoms with Crippen molar-refractivity contribution < 1.29 is 14.4 Å². The van der Waals surface area contributed by atoms with Crippen LogP contribution in [-0.2, 0) is 11.2 Å². The summed E-state index contributed by atoms with van der Waals surface area (Å²) in [6.45, 7) is 2.55. The number of para-hydroxylation sites is 1. The first kappa shape index (κ1) is 27.7. The van der Waals surface area contributed by atoms with Crippen LogP contribution >= 0.6 is 15.9 Å². The molecule has 2 heterocycles. The average molecular weight is 625 g/mol. The molecule has 1 aromatic heterocycles. The van der Waals surface area contributed by atoms with Gasteiger partial charge in [0.25, 0.3) is 11.8 Å². The molecule has 4 aromatic carbocycles. The fourth-order valence-electron chi connectivity index (χ4n) is 5.40. The zero-order valence-corrected chi connectivity index (χ0v) is 24.4. The zero-order chi connectivity index (χ0) is 29.1. The van der Waals surface area contributed by atoms with E-state index in [-0.39, 0.29) is 17.4 Å². The van der Waals surface area contributed by atoms with Gasteiger partial charge in [-0.2, -0.15) is 0 Å². The summed E-state index contributed by atoms with van der Waals surface area (Å²) in [5.41, 5.74) is 3.01. The minimum Gasteiger partial charge on any atom is -0.361 e. The second-order valence-electron chi connectivity index (χ2n) is 10.4. The standard InChI is InChI=1S/C33H30BrN5O3/c34-25-11-12-29(37-31(40)23-10-9-21-5-1-2-6-22(21)17-23)27(19-25)32(41)38-30(33(42)39-15-13-35-14-16-39)18-24-20-36-28-8-4-3-7-26(24)28/h1-12,17,19-20,30,35-36H,13-16,18H2,(H,37,40)(H,38,41)/t30-/m0/s1. The largest absolute Gasteiger partial charge is 0.361 e. The van der Waals surface area contributed by atoms with E-state index < -0.39 is 11.9 Å². The second-order valence-corrected chi connectivity index (χ2v) is 11.3. The lowest BCUT2D eigenvalue weighted by Crippen LogP contribution is -2.54. The maximum Gasteiger partial charge on any atom is 0.255 e. The molecule has 0 bridgehead atoms. The van der Waals surface area contributed by atoms with E-state index in [0.717, 1.165) is 27.2 Å². The van der Waals surface area contributed by atoms with Crippen molar-refractivity contribution in [3.63, 3.8) is 0 Å². The molecule has 0 radical (unpaired) electrons. The van der Waals surface area contributed by atoms with Crippen molar-refractivity contribution in [2.75, 3.05) is 31.5 Å². The van der Waals surface area contributed by atoms with Crippen LogP contribution in [0.15, 0.2) is 95.6 Å². The van der Waals surface area contributed by atoms with Gasteiger partial charge in [0, 0.05) is 59.7 Å². The number of benzene rings is 4. The van der Waals surface area contributed by atoms with Crippen LogP contribution in [0.1, 0.15) is 26.3 Å². The molecule has 4 N–H and O–H groups in total. The van der Waals surface area contributed by atoms with Crippen molar-refractivity contribution in [2.24, 2.45) is 0 Å². The van der Waals surface area contributed by atoms with Crippen molar-refractivity contribution in [3.8, 4) is 0 Å². The van der Waals surface area contributed by atoms with Crippen molar-refractivity contribution in [1.82, 2.24) is 20.5 Å². The Morgan fingerprint density at radius 1 is 0.857 bits per heavy atom. The molecule has 6 rings (SSSR count).